The second-order valence-corrected chi connectivity index (χ2v) is 4.70. The summed E-state index contributed by atoms with van der Waals surface area (Å²) in [6.07, 6.45) is 0.245. The molecule has 0 saturated carbocycles. The third-order valence-electron chi connectivity index (χ3n) is 2.89. The van der Waals surface area contributed by atoms with Crippen LogP contribution in [0.2, 0.25) is 0 Å². The van der Waals surface area contributed by atoms with Crippen LogP contribution in [0.25, 0.3) is 0 Å². The van der Waals surface area contributed by atoms with E-state index in [2.05, 4.69) is 11.8 Å². The van der Waals surface area contributed by atoms with Crippen molar-refractivity contribution >= 4 is 5.91 Å². The van der Waals surface area contributed by atoms with Crippen molar-refractivity contribution in [1.82, 2.24) is 4.90 Å². The fraction of sp³-hybridized carbons (Fsp3) is 0.375. The van der Waals surface area contributed by atoms with Gasteiger partial charge in [0.15, 0.2) is 0 Å². The summed E-state index contributed by atoms with van der Waals surface area (Å²) in [5.74, 6) is 4.62. The molecular weight excluding hydrogens is 269 g/mol. The molecule has 0 aromatic heterocycles. The predicted molar refractivity (Wildman–Crippen MR) is 78.7 cm³/mol. The molecule has 0 bridgehead atoms. The highest BCUT2D eigenvalue weighted by Crippen LogP contribution is 2.15. The Hall–Kier alpha value is -2.37. The van der Waals surface area contributed by atoms with Gasteiger partial charge < -0.3 is 10.6 Å². The summed E-state index contributed by atoms with van der Waals surface area (Å²) >= 11 is 0. The van der Waals surface area contributed by atoms with Gasteiger partial charge in [0.25, 0.3) is 5.91 Å². The molecule has 0 aliphatic carbocycles. The maximum atomic E-state index is 13.3. The Bertz CT molecular complexity index is 608. The summed E-state index contributed by atoms with van der Waals surface area (Å²) < 4.78 is 13.3. The molecule has 1 rings (SSSR count). The molecule has 4 nitrogen and oxygen atoms in total. The molecule has 1 amide bonds. The Morgan fingerprint density at radius 1 is 1.48 bits per heavy atom. The quantitative estimate of drug-likeness (QED) is 0.860. The molecule has 0 heterocycles. The lowest BCUT2D eigenvalue weighted by atomic mass is 10.1. The summed E-state index contributed by atoms with van der Waals surface area (Å²) in [5.41, 5.74) is 5.95. The van der Waals surface area contributed by atoms with E-state index in [1.165, 1.54) is 18.2 Å². The van der Waals surface area contributed by atoms with E-state index in [0.29, 0.717) is 17.7 Å². The number of nitrogens with zero attached hydrogens (tertiary/aromatic N) is 2. The molecule has 1 aromatic rings. The molecule has 2 N–H and O–H groups in total. The van der Waals surface area contributed by atoms with E-state index < -0.39 is 5.82 Å². The number of benzene rings is 1. The molecule has 5 heteroatoms. The largest absolute Gasteiger partial charge is 0.335 e. The lowest BCUT2D eigenvalue weighted by Gasteiger charge is -2.26. The van der Waals surface area contributed by atoms with Crippen molar-refractivity contribution in [3.8, 4) is 17.9 Å². The van der Waals surface area contributed by atoms with Crippen LogP contribution in [-0.2, 0) is 0 Å². The van der Waals surface area contributed by atoms with E-state index in [9.17, 15) is 9.18 Å². The zero-order valence-corrected chi connectivity index (χ0v) is 12.2. The zero-order valence-electron chi connectivity index (χ0n) is 12.2. The van der Waals surface area contributed by atoms with Crippen molar-refractivity contribution in [3.05, 3.63) is 35.1 Å². The summed E-state index contributed by atoms with van der Waals surface area (Å²) in [5, 5.41) is 8.68. The van der Waals surface area contributed by atoms with Crippen LogP contribution in [-0.4, -0.2) is 29.9 Å². The third-order valence-corrected chi connectivity index (χ3v) is 2.89. The smallest absolute Gasteiger partial charge is 0.255 e. The van der Waals surface area contributed by atoms with E-state index in [-0.39, 0.29) is 24.9 Å². The molecule has 0 spiro atoms. The molecule has 0 saturated heterocycles. The van der Waals surface area contributed by atoms with Crippen molar-refractivity contribution < 1.29 is 9.18 Å². The number of halogens is 1. The van der Waals surface area contributed by atoms with Gasteiger partial charge in [-0.15, -0.1) is 0 Å². The lowest BCUT2D eigenvalue weighted by molar-refractivity contribution is 0.0710. The maximum Gasteiger partial charge on any atom is 0.255 e. The molecule has 0 atom stereocenters. The fourth-order valence-electron chi connectivity index (χ4n) is 1.87. The molecular formula is C16H18FN3O. The molecule has 21 heavy (non-hydrogen) atoms. The van der Waals surface area contributed by atoms with Crippen LogP contribution in [0.3, 0.4) is 0 Å². The van der Waals surface area contributed by atoms with Gasteiger partial charge in [-0.25, -0.2) is 4.39 Å². The van der Waals surface area contributed by atoms with Crippen LogP contribution < -0.4 is 5.73 Å². The van der Waals surface area contributed by atoms with Gasteiger partial charge >= 0.3 is 0 Å². The number of carbonyl (C=O) groups excluding carboxylic acids is 1. The van der Waals surface area contributed by atoms with Crippen LogP contribution in [0.1, 0.15) is 36.2 Å². The molecule has 110 valence electrons. The van der Waals surface area contributed by atoms with Gasteiger partial charge in [-0.1, -0.05) is 11.8 Å². The monoisotopic (exact) mass is 287 g/mol. The highest BCUT2D eigenvalue weighted by Gasteiger charge is 2.20. The zero-order chi connectivity index (χ0) is 15.8. The van der Waals surface area contributed by atoms with Crippen molar-refractivity contribution in [2.45, 2.75) is 26.3 Å². The Morgan fingerprint density at radius 3 is 2.76 bits per heavy atom. The van der Waals surface area contributed by atoms with E-state index >= 15 is 0 Å². The van der Waals surface area contributed by atoms with Gasteiger partial charge in [0.2, 0.25) is 0 Å². The van der Waals surface area contributed by atoms with Crippen molar-refractivity contribution in [2.24, 2.45) is 5.73 Å². The molecule has 0 radical (unpaired) electrons. The number of amides is 1. The maximum absolute atomic E-state index is 13.3. The number of hydrogen-bond donors (Lipinski definition) is 1. The average molecular weight is 287 g/mol. The molecule has 0 fully saturated rings. The number of rotatable bonds is 4. The minimum Gasteiger partial charge on any atom is -0.335 e. The van der Waals surface area contributed by atoms with Gasteiger partial charge in [-0.05, 0) is 32.0 Å². The number of nitrogens with two attached hydrogens (primary N) is 1. The summed E-state index contributed by atoms with van der Waals surface area (Å²) in [6, 6.07) is 5.82. The van der Waals surface area contributed by atoms with Gasteiger partial charge in [0.05, 0.1) is 24.6 Å². The normalized spacial score (nSPS) is 9.71. The average Bonchev–Trinajstić information content (AvgIpc) is 2.45. The number of carbonyl (C=O) groups is 1. The number of nitriles is 1. The number of hydrogen-bond acceptors (Lipinski definition) is 3. The van der Waals surface area contributed by atoms with Gasteiger partial charge in [-0.3, -0.25) is 4.79 Å². The van der Waals surface area contributed by atoms with Crippen molar-refractivity contribution in [3.63, 3.8) is 0 Å². The Balaban J connectivity index is 3.18. The first-order chi connectivity index (χ1) is 10.0. The highest BCUT2D eigenvalue weighted by atomic mass is 19.1. The van der Waals surface area contributed by atoms with Gasteiger partial charge in [-0.2, -0.15) is 5.26 Å². The lowest BCUT2D eigenvalue weighted by Crippen LogP contribution is -2.38. The van der Waals surface area contributed by atoms with Crippen molar-refractivity contribution in [2.75, 3.05) is 13.1 Å². The summed E-state index contributed by atoms with van der Waals surface area (Å²) in [6.45, 7) is 4.19. The fourth-order valence-corrected chi connectivity index (χ4v) is 1.87. The summed E-state index contributed by atoms with van der Waals surface area (Å²) in [7, 11) is 0. The second-order valence-electron chi connectivity index (χ2n) is 4.70. The predicted octanol–water partition coefficient (Wildman–Crippen LogP) is 1.90. The first kappa shape index (κ1) is 16.7. The van der Waals surface area contributed by atoms with Gasteiger partial charge in [0.1, 0.15) is 5.82 Å². The molecule has 0 aliphatic rings. The minimum absolute atomic E-state index is 0.0637. The third kappa shape index (κ3) is 4.59. The second kappa shape index (κ2) is 8.04. The van der Waals surface area contributed by atoms with Crippen LogP contribution >= 0.6 is 0 Å². The molecule has 0 aliphatic heterocycles. The first-order valence-electron chi connectivity index (χ1n) is 6.67. The Labute approximate surface area is 124 Å². The Morgan fingerprint density at radius 2 is 2.19 bits per heavy atom. The minimum atomic E-state index is -0.457. The SMILES string of the molecule is CC(C)N(CCC#N)C(=O)c1ccc(F)cc1C#CCN. The van der Waals surface area contributed by atoms with E-state index in [0.717, 1.165) is 0 Å². The van der Waals surface area contributed by atoms with Crippen molar-refractivity contribution in [1.29, 1.82) is 5.26 Å². The standard InChI is InChI=1S/C16H18FN3O/c1-12(2)20(10-4-9-19)16(21)15-7-6-14(17)11-13(15)5-3-8-18/h6-7,11-12H,4,8,10,18H2,1-2H3. The first-order valence-corrected chi connectivity index (χ1v) is 6.67. The summed E-state index contributed by atoms with van der Waals surface area (Å²) in [4.78, 5) is 14.2. The molecule has 1 aromatic carbocycles. The Kier molecular flexibility index (Phi) is 6.39. The highest BCUT2D eigenvalue weighted by molar-refractivity contribution is 5.97. The van der Waals surface area contributed by atoms with Gasteiger partial charge in [0, 0.05) is 18.2 Å². The van der Waals surface area contributed by atoms with E-state index in [1.807, 2.05) is 19.9 Å². The van der Waals surface area contributed by atoms with E-state index in [4.69, 9.17) is 11.0 Å². The van der Waals surface area contributed by atoms with E-state index in [1.54, 1.807) is 4.90 Å². The molecule has 0 unspecified atom stereocenters. The van der Waals surface area contributed by atoms with Crippen LogP contribution in [0.15, 0.2) is 18.2 Å². The van der Waals surface area contributed by atoms with Crippen LogP contribution in [0, 0.1) is 29.0 Å². The van der Waals surface area contributed by atoms with Crippen LogP contribution in [0.5, 0.6) is 0 Å². The van der Waals surface area contributed by atoms with Crippen LogP contribution in [0.4, 0.5) is 4.39 Å². The topological polar surface area (TPSA) is 70.1 Å².